The molecule has 0 saturated carbocycles. The van der Waals surface area contributed by atoms with Gasteiger partial charge in [0.1, 0.15) is 0 Å². The number of hydrogen-bond donors (Lipinski definition) is 1. The number of amides is 1. The number of anilines is 1. The van der Waals surface area contributed by atoms with Crippen molar-refractivity contribution in [1.82, 2.24) is 20.4 Å². The van der Waals surface area contributed by atoms with E-state index >= 15 is 0 Å². The number of carbonyl (C=O) groups excluding carboxylic acids is 1. The minimum atomic E-state index is 0.0183. The lowest BCUT2D eigenvalue weighted by Gasteiger charge is -2.32. The molecule has 32 heavy (non-hydrogen) atoms. The van der Waals surface area contributed by atoms with Crippen LogP contribution in [0.4, 0.5) is 5.82 Å². The van der Waals surface area contributed by atoms with Gasteiger partial charge in [0.15, 0.2) is 5.82 Å². The second kappa shape index (κ2) is 12.5. The van der Waals surface area contributed by atoms with E-state index in [2.05, 4.69) is 70.4 Å². The van der Waals surface area contributed by atoms with Gasteiger partial charge in [0.2, 0.25) is 5.91 Å². The van der Waals surface area contributed by atoms with Gasteiger partial charge in [0.05, 0.1) is 11.6 Å². The van der Waals surface area contributed by atoms with Crippen LogP contribution < -0.4 is 10.2 Å². The van der Waals surface area contributed by atoms with E-state index in [4.69, 9.17) is 0 Å². The van der Waals surface area contributed by atoms with E-state index in [1.54, 1.807) is 0 Å². The van der Waals surface area contributed by atoms with Crippen LogP contribution in [0.1, 0.15) is 51.5 Å². The van der Waals surface area contributed by atoms with Crippen molar-refractivity contribution in [2.24, 2.45) is 5.92 Å². The van der Waals surface area contributed by atoms with Crippen molar-refractivity contribution < 1.29 is 4.79 Å². The number of nitrogens with zero attached hydrogens (tertiary/aromatic N) is 4. The van der Waals surface area contributed by atoms with E-state index in [1.165, 1.54) is 18.4 Å². The third-order valence-electron chi connectivity index (χ3n) is 6.14. The first-order chi connectivity index (χ1) is 15.6. The van der Waals surface area contributed by atoms with Crippen LogP contribution in [0.3, 0.4) is 0 Å². The molecule has 2 aromatic rings. The molecule has 1 saturated heterocycles. The van der Waals surface area contributed by atoms with Crippen LogP contribution in [0.5, 0.6) is 0 Å². The molecule has 1 aliphatic heterocycles. The molecule has 0 unspecified atom stereocenters. The smallest absolute Gasteiger partial charge is 0.224 e. The number of nitrogens with one attached hydrogen (secondary N) is 1. The van der Waals surface area contributed by atoms with Crippen LogP contribution in [0, 0.1) is 12.8 Å². The van der Waals surface area contributed by atoms with Crippen molar-refractivity contribution in [3.05, 3.63) is 42.0 Å². The Morgan fingerprint density at radius 2 is 1.81 bits per heavy atom. The SMILES string of the molecule is CCCN(CCC)CCCNC(=O)[C@@H]1CCCN(c2ccc(-c3ccc(C)cc3)nn2)C1. The molecule has 1 atom stereocenters. The summed E-state index contributed by atoms with van der Waals surface area (Å²) in [7, 11) is 0. The standard InChI is InChI=1S/C26H39N5O/c1-4-16-30(17-5-2)18-7-15-27-26(32)23-8-6-19-31(20-23)25-14-13-24(28-29-25)22-11-9-21(3)10-12-22/h9-14,23H,4-8,15-20H2,1-3H3,(H,27,32)/t23-/m1/s1. The molecule has 2 heterocycles. The number of benzene rings is 1. The Labute approximate surface area is 193 Å². The van der Waals surface area contributed by atoms with Crippen LogP contribution in [0.2, 0.25) is 0 Å². The van der Waals surface area contributed by atoms with Crippen LogP contribution >= 0.6 is 0 Å². The van der Waals surface area contributed by atoms with Gasteiger partial charge in [-0.25, -0.2) is 0 Å². The monoisotopic (exact) mass is 437 g/mol. The van der Waals surface area contributed by atoms with Crippen molar-refractivity contribution in [2.75, 3.05) is 44.2 Å². The average Bonchev–Trinajstić information content (AvgIpc) is 2.82. The first kappa shape index (κ1) is 24.2. The van der Waals surface area contributed by atoms with Gasteiger partial charge >= 0.3 is 0 Å². The fraction of sp³-hybridized carbons (Fsp3) is 0.577. The molecular formula is C26H39N5O. The van der Waals surface area contributed by atoms with Crippen molar-refractivity contribution in [3.8, 4) is 11.3 Å². The highest BCUT2D eigenvalue weighted by Gasteiger charge is 2.26. The second-order valence-electron chi connectivity index (χ2n) is 8.91. The van der Waals surface area contributed by atoms with E-state index in [-0.39, 0.29) is 11.8 Å². The Hall–Kier alpha value is -2.47. The normalized spacial score (nSPS) is 16.4. The van der Waals surface area contributed by atoms with Gasteiger partial charge in [0.25, 0.3) is 0 Å². The molecule has 1 amide bonds. The summed E-state index contributed by atoms with van der Waals surface area (Å²) in [5.41, 5.74) is 3.18. The average molecular weight is 438 g/mol. The number of rotatable bonds is 11. The van der Waals surface area contributed by atoms with Crippen LogP contribution in [0.15, 0.2) is 36.4 Å². The van der Waals surface area contributed by atoms with Gasteiger partial charge < -0.3 is 15.1 Å². The fourth-order valence-electron chi connectivity index (χ4n) is 4.40. The summed E-state index contributed by atoms with van der Waals surface area (Å²) in [4.78, 5) is 17.4. The Balaban J connectivity index is 1.48. The maximum absolute atomic E-state index is 12.8. The molecule has 1 fully saturated rings. The molecule has 1 aromatic heterocycles. The van der Waals surface area contributed by atoms with Crippen molar-refractivity contribution >= 4 is 11.7 Å². The zero-order valence-electron chi connectivity index (χ0n) is 20.0. The van der Waals surface area contributed by atoms with Crippen molar-refractivity contribution in [3.63, 3.8) is 0 Å². The summed E-state index contributed by atoms with van der Waals surface area (Å²) in [5.74, 6) is 1.05. The molecule has 1 aliphatic rings. The molecule has 0 radical (unpaired) electrons. The van der Waals surface area contributed by atoms with Crippen molar-refractivity contribution in [2.45, 2.75) is 52.9 Å². The largest absolute Gasteiger partial charge is 0.356 e. The maximum Gasteiger partial charge on any atom is 0.224 e. The fourth-order valence-corrected chi connectivity index (χ4v) is 4.40. The predicted octanol–water partition coefficient (Wildman–Crippen LogP) is 4.30. The predicted molar refractivity (Wildman–Crippen MR) is 132 cm³/mol. The van der Waals surface area contributed by atoms with E-state index in [1.807, 2.05) is 12.1 Å². The second-order valence-corrected chi connectivity index (χ2v) is 8.91. The van der Waals surface area contributed by atoms with Crippen molar-refractivity contribution in [1.29, 1.82) is 0 Å². The Morgan fingerprint density at radius 3 is 2.47 bits per heavy atom. The van der Waals surface area contributed by atoms with Gasteiger partial charge in [-0.15, -0.1) is 10.2 Å². The highest BCUT2D eigenvalue weighted by molar-refractivity contribution is 5.79. The summed E-state index contributed by atoms with van der Waals surface area (Å²) in [6.07, 6.45) is 5.31. The highest BCUT2D eigenvalue weighted by atomic mass is 16.1. The molecule has 0 bridgehead atoms. The quantitative estimate of drug-likeness (QED) is 0.531. The number of aromatic nitrogens is 2. The summed E-state index contributed by atoms with van der Waals surface area (Å²) in [5, 5.41) is 12.1. The lowest BCUT2D eigenvalue weighted by atomic mass is 9.97. The molecule has 174 valence electrons. The van der Waals surface area contributed by atoms with E-state index in [0.717, 1.165) is 69.1 Å². The number of aryl methyl sites for hydroxylation is 1. The minimum absolute atomic E-state index is 0.0183. The van der Waals surface area contributed by atoms with Crippen LogP contribution in [0.25, 0.3) is 11.3 Å². The van der Waals surface area contributed by atoms with Gasteiger partial charge in [-0.2, -0.15) is 0 Å². The van der Waals surface area contributed by atoms with Gasteiger partial charge in [0, 0.05) is 25.2 Å². The topological polar surface area (TPSA) is 61.4 Å². The first-order valence-corrected chi connectivity index (χ1v) is 12.3. The van der Waals surface area contributed by atoms with E-state index < -0.39 is 0 Å². The maximum atomic E-state index is 12.8. The lowest BCUT2D eigenvalue weighted by molar-refractivity contribution is -0.125. The first-order valence-electron chi connectivity index (χ1n) is 12.3. The van der Waals surface area contributed by atoms with E-state index in [0.29, 0.717) is 6.54 Å². The minimum Gasteiger partial charge on any atom is -0.356 e. The zero-order chi connectivity index (χ0) is 22.8. The molecule has 0 aliphatic carbocycles. The molecule has 1 aromatic carbocycles. The third kappa shape index (κ3) is 7.02. The summed E-state index contributed by atoms with van der Waals surface area (Å²) in [6, 6.07) is 12.4. The Kier molecular flexibility index (Phi) is 9.47. The number of hydrogen-bond acceptors (Lipinski definition) is 5. The highest BCUT2D eigenvalue weighted by Crippen LogP contribution is 2.23. The molecule has 3 rings (SSSR count). The van der Waals surface area contributed by atoms with Gasteiger partial charge in [-0.1, -0.05) is 43.7 Å². The summed E-state index contributed by atoms with van der Waals surface area (Å²) in [6.45, 7) is 12.3. The third-order valence-corrected chi connectivity index (χ3v) is 6.14. The number of carbonyl (C=O) groups is 1. The molecule has 6 heteroatoms. The van der Waals surface area contributed by atoms with Crippen LogP contribution in [-0.4, -0.2) is 60.3 Å². The summed E-state index contributed by atoms with van der Waals surface area (Å²) < 4.78 is 0. The molecular weight excluding hydrogens is 398 g/mol. The lowest BCUT2D eigenvalue weighted by Crippen LogP contribution is -2.44. The van der Waals surface area contributed by atoms with Gasteiger partial charge in [-0.3, -0.25) is 4.79 Å². The molecule has 0 spiro atoms. The van der Waals surface area contributed by atoms with E-state index in [9.17, 15) is 4.79 Å². The van der Waals surface area contributed by atoms with Crippen LogP contribution in [-0.2, 0) is 4.79 Å². The molecule has 6 nitrogen and oxygen atoms in total. The summed E-state index contributed by atoms with van der Waals surface area (Å²) >= 11 is 0. The molecule has 1 N–H and O–H groups in total. The Bertz CT molecular complexity index is 815. The van der Waals surface area contributed by atoms with Gasteiger partial charge in [-0.05, 0) is 70.8 Å². The number of piperidine rings is 1. The zero-order valence-corrected chi connectivity index (χ0v) is 20.0. The Morgan fingerprint density at radius 1 is 1.06 bits per heavy atom.